The normalized spacial score (nSPS) is 11.2. The number of non-ortho nitro benzene ring substituents is 1. The lowest BCUT2D eigenvalue weighted by atomic mass is 9.87. The van der Waals surface area contributed by atoms with Gasteiger partial charge in [-0.3, -0.25) is 10.1 Å². The molecule has 5 aromatic carbocycles. The molecule has 0 aliphatic carbocycles. The zero-order valence-corrected chi connectivity index (χ0v) is 17.4. The molecule has 0 N–H and O–H groups in total. The van der Waals surface area contributed by atoms with E-state index in [1.54, 1.807) is 12.1 Å². The molecule has 0 atom stereocenters. The van der Waals surface area contributed by atoms with Crippen molar-refractivity contribution in [3.8, 4) is 22.3 Å². The third-order valence-corrected chi connectivity index (χ3v) is 6.08. The monoisotopic (exact) mass is 403 g/mol. The zero-order valence-electron chi connectivity index (χ0n) is 17.4. The predicted octanol–water partition coefficient (Wildman–Crippen LogP) is 7.85. The molecular formula is C28H21NO2. The summed E-state index contributed by atoms with van der Waals surface area (Å²) in [7, 11) is 0. The highest BCUT2D eigenvalue weighted by atomic mass is 16.6. The molecule has 150 valence electrons. The maximum absolute atomic E-state index is 11.6. The predicted molar refractivity (Wildman–Crippen MR) is 128 cm³/mol. The van der Waals surface area contributed by atoms with E-state index < -0.39 is 0 Å². The highest BCUT2D eigenvalue weighted by Gasteiger charge is 2.17. The number of nitro benzene ring substituents is 1. The van der Waals surface area contributed by atoms with Crippen LogP contribution in [-0.4, -0.2) is 4.92 Å². The summed E-state index contributed by atoms with van der Waals surface area (Å²) in [6, 6.07) is 30.2. The molecule has 0 spiro atoms. The van der Waals surface area contributed by atoms with Crippen molar-refractivity contribution in [3.63, 3.8) is 0 Å². The van der Waals surface area contributed by atoms with Crippen LogP contribution in [0.1, 0.15) is 11.1 Å². The minimum absolute atomic E-state index is 0.0971. The van der Waals surface area contributed by atoms with E-state index in [0.29, 0.717) is 0 Å². The van der Waals surface area contributed by atoms with Crippen molar-refractivity contribution in [2.24, 2.45) is 0 Å². The van der Waals surface area contributed by atoms with E-state index in [1.165, 1.54) is 16.5 Å². The molecule has 0 radical (unpaired) electrons. The maximum atomic E-state index is 11.6. The molecule has 0 bridgehead atoms. The van der Waals surface area contributed by atoms with Crippen molar-refractivity contribution in [1.29, 1.82) is 0 Å². The van der Waals surface area contributed by atoms with Crippen molar-refractivity contribution in [3.05, 3.63) is 112 Å². The van der Waals surface area contributed by atoms with Crippen LogP contribution in [0.2, 0.25) is 0 Å². The van der Waals surface area contributed by atoms with Gasteiger partial charge in [-0.15, -0.1) is 0 Å². The molecule has 0 aliphatic rings. The van der Waals surface area contributed by atoms with Crippen molar-refractivity contribution in [1.82, 2.24) is 0 Å². The first-order chi connectivity index (χ1) is 15.0. The second-order valence-electron chi connectivity index (χ2n) is 7.94. The minimum Gasteiger partial charge on any atom is -0.258 e. The Hall–Kier alpha value is -3.98. The van der Waals surface area contributed by atoms with Gasteiger partial charge in [0.25, 0.3) is 5.69 Å². The van der Waals surface area contributed by atoms with Gasteiger partial charge in [0.1, 0.15) is 0 Å². The molecule has 31 heavy (non-hydrogen) atoms. The highest BCUT2D eigenvalue weighted by Crippen LogP contribution is 2.41. The Morgan fingerprint density at radius 2 is 1.00 bits per heavy atom. The smallest absolute Gasteiger partial charge is 0.258 e. The number of rotatable bonds is 3. The van der Waals surface area contributed by atoms with Crippen molar-refractivity contribution >= 4 is 27.2 Å². The molecule has 3 nitrogen and oxygen atoms in total. The summed E-state index contributed by atoms with van der Waals surface area (Å²) < 4.78 is 0. The van der Waals surface area contributed by atoms with Gasteiger partial charge in [0.15, 0.2) is 0 Å². The molecule has 0 saturated heterocycles. The van der Waals surface area contributed by atoms with Crippen LogP contribution in [0.5, 0.6) is 0 Å². The van der Waals surface area contributed by atoms with E-state index >= 15 is 0 Å². The van der Waals surface area contributed by atoms with Gasteiger partial charge in [0, 0.05) is 12.1 Å². The number of benzene rings is 5. The molecule has 0 amide bonds. The Bertz CT molecular complexity index is 1480. The SMILES string of the molecule is Cc1ccc(-c2ccc([N+](=O)[O-])cc2-c2ccc(C)c3ccccc23)c2ccccc12. The van der Waals surface area contributed by atoms with Crippen molar-refractivity contribution in [2.75, 3.05) is 0 Å². The van der Waals surface area contributed by atoms with Crippen LogP contribution < -0.4 is 0 Å². The molecular weight excluding hydrogens is 382 g/mol. The second kappa shape index (κ2) is 7.37. The van der Waals surface area contributed by atoms with Crippen LogP contribution in [0.25, 0.3) is 43.8 Å². The lowest BCUT2D eigenvalue weighted by Crippen LogP contribution is -1.94. The largest absolute Gasteiger partial charge is 0.270 e. The summed E-state index contributed by atoms with van der Waals surface area (Å²) in [6.45, 7) is 4.20. The van der Waals surface area contributed by atoms with E-state index in [9.17, 15) is 10.1 Å². The third-order valence-electron chi connectivity index (χ3n) is 6.08. The standard InChI is InChI=1S/C28H21NO2/c1-18-11-14-25(23-9-5-3-7-21(18)23)27-16-13-20(29(30)31)17-28(27)26-15-12-19(2)22-8-4-6-10-24(22)26/h3-17H,1-2H3. The van der Waals surface area contributed by atoms with Crippen LogP contribution >= 0.6 is 0 Å². The van der Waals surface area contributed by atoms with Gasteiger partial charge in [-0.2, -0.15) is 0 Å². The number of fused-ring (bicyclic) bond motifs is 2. The van der Waals surface area contributed by atoms with E-state index in [2.05, 4.69) is 62.4 Å². The fourth-order valence-corrected chi connectivity index (χ4v) is 4.47. The Balaban J connectivity index is 1.88. The summed E-state index contributed by atoms with van der Waals surface area (Å²) in [5.74, 6) is 0. The van der Waals surface area contributed by atoms with Gasteiger partial charge in [-0.25, -0.2) is 0 Å². The lowest BCUT2D eigenvalue weighted by molar-refractivity contribution is -0.384. The van der Waals surface area contributed by atoms with Gasteiger partial charge in [0.2, 0.25) is 0 Å². The molecule has 0 unspecified atom stereocenters. The summed E-state index contributed by atoms with van der Waals surface area (Å²) in [4.78, 5) is 11.3. The van der Waals surface area contributed by atoms with Crippen molar-refractivity contribution < 1.29 is 4.92 Å². The summed E-state index contributed by atoms with van der Waals surface area (Å²) in [6.07, 6.45) is 0. The van der Waals surface area contributed by atoms with Crippen LogP contribution in [0.15, 0.2) is 91.0 Å². The van der Waals surface area contributed by atoms with Crippen LogP contribution in [-0.2, 0) is 0 Å². The number of nitro groups is 1. The van der Waals surface area contributed by atoms with E-state index in [1.807, 2.05) is 30.3 Å². The van der Waals surface area contributed by atoms with E-state index in [4.69, 9.17) is 0 Å². The van der Waals surface area contributed by atoms with Crippen LogP contribution in [0, 0.1) is 24.0 Å². The molecule has 0 fully saturated rings. The minimum atomic E-state index is -0.323. The quantitative estimate of drug-likeness (QED) is 0.227. The van der Waals surface area contributed by atoms with E-state index in [-0.39, 0.29) is 10.6 Å². The molecule has 0 aliphatic heterocycles. The fraction of sp³-hybridized carbons (Fsp3) is 0.0714. The zero-order chi connectivity index (χ0) is 21.5. The van der Waals surface area contributed by atoms with Gasteiger partial charge >= 0.3 is 0 Å². The average Bonchev–Trinajstić information content (AvgIpc) is 2.80. The topological polar surface area (TPSA) is 43.1 Å². The Labute approximate surface area is 180 Å². The van der Waals surface area contributed by atoms with Gasteiger partial charge in [0.05, 0.1) is 4.92 Å². The first kappa shape index (κ1) is 19.0. The third kappa shape index (κ3) is 3.15. The number of aryl methyl sites for hydroxylation is 2. The molecule has 0 heterocycles. The lowest BCUT2D eigenvalue weighted by Gasteiger charge is -2.16. The molecule has 5 aromatic rings. The fourth-order valence-electron chi connectivity index (χ4n) is 4.47. The van der Waals surface area contributed by atoms with Gasteiger partial charge in [-0.05, 0) is 74.8 Å². The Morgan fingerprint density at radius 1 is 0.548 bits per heavy atom. The maximum Gasteiger partial charge on any atom is 0.270 e. The van der Waals surface area contributed by atoms with E-state index in [0.717, 1.165) is 38.4 Å². The molecule has 5 rings (SSSR count). The number of hydrogen-bond acceptors (Lipinski definition) is 2. The Kier molecular flexibility index (Phi) is 4.52. The number of nitrogens with zero attached hydrogens (tertiary/aromatic N) is 1. The summed E-state index contributed by atoms with van der Waals surface area (Å²) in [5, 5.41) is 16.2. The Morgan fingerprint density at radius 3 is 1.52 bits per heavy atom. The molecule has 0 saturated carbocycles. The van der Waals surface area contributed by atoms with Crippen LogP contribution in [0.4, 0.5) is 5.69 Å². The first-order valence-electron chi connectivity index (χ1n) is 10.3. The highest BCUT2D eigenvalue weighted by molar-refractivity contribution is 6.06. The summed E-state index contributed by atoms with van der Waals surface area (Å²) >= 11 is 0. The number of hydrogen-bond donors (Lipinski definition) is 0. The van der Waals surface area contributed by atoms with Crippen LogP contribution in [0.3, 0.4) is 0 Å². The average molecular weight is 403 g/mol. The molecule has 0 aromatic heterocycles. The van der Waals surface area contributed by atoms with Crippen molar-refractivity contribution in [2.45, 2.75) is 13.8 Å². The molecule has 3 heteroatoms. The van der Waals surface area contributed by atoms with Gasteiger partial charge < -0.3 is 0 Å². The summed E-state index contributed by atoms with van der Waals surface area (Å²) in [5.41, 5.74) is 6.45. The van der Waals surface area contributed by atoms with Gasteiger partial charge in [-0.1, -0.05) is 72.8 Å². The first-order valence-corrected chi connectivity index (χ1v) is 10.3. The second-order valence-corrected chi connectivity index (χ2v) is 7.94.